The van der Waals surface area contributed by atoms with Crippen molar-refractivity contribution in [3.05, 3.63) is 46.5 Å². The number of nitrogens with zero attached hydrogens (tertiary/aromatic N) is 2. The monoisotopic (exact) mass is 412 g/mol. The number of aromatic nitrogens is 1. The molecule has 0 aliphatic carbocycles. The molecule has 0 radical (unpaired) electrons. The van der Waals surface area contributed by atoms with Crippen LogP contribution in [0.3, 0.4) is 0 Å². The first-order valence-corrected chi connectivity index (χ1v) is 9.54. The normalized spacial score (nSPS) is 17.5. The summed E-state index contributed by atoms with van der Waals surface area (Å²) in [5.74, 6) is -0.596. The molecule has 0 bridgehead atoms. The zero-order valence-electron chi connectivity index (χ0n) is 15.0. The molecule has 0 spiro atoms. The number of nitrogens with one attached hydrogen (secondary N) is 2. The fourth-order valence-corrected chi connectivity index (χ4v) is 3.84. The highest BCUT2D eigenvalue weighted by Crippen LogP contribution is 2.33. The highest BCUT2D eigenvalue weighted by Gasteiger charge is 2.31. The SMILES string of the molecule is CNC(=O)CN1CCCC1c1csc(NC(=O)c2ccc(C(F)(F)F)cc2)n1. The quantitative estimate of drug-likeness (QED) is 0.790. The molecule has 3 rings (SSSR count). The standard InChI is InChI=1S/C18H19F3N4O2S/c1-22-15(26)9-25-8-2-3-14(25)13-10-28-17(23-13)24-16(27)11-4-6-12(7-5-11)18(19,20)21/h4-7,10,14H,2-3,8-9H2,1H3,(H,22,26)(H,23,24,27). The Hall–Kier alpha value is -2.46. The van der Waals surface area contributed by atoms with Crippen molar-refractivity contribution in [1.82, 2.24) is 15.2 Å². The molecule has 0 saturated carbocycles. The van der Waals surface area contributed by atoms with Gasteiger partial charge in [-0.1, -0.05) is 0 Å². The van der Waals surface area contributed by atoms with Gasteiger partial charge in [-0.15, -0.1) is 11.3 Å². The lowest BCUT2D eigenvalue weighted by atomic mass is 10.1. The third-order valence-electron chi connectivity index (χ3n) is 4.55. The molecular weight excluding hydrogens is 393 g/mol. The van der Waals surface area contributed by atoms with Crippen molar-refractivity contribution in [3.63, 3.8) is 0 Å². The lowest BCUT2D eigenvalue weighted by molar-refractivity contribution is -0.137. The molecule has 2 N–H and O–H groups in total. The number of halogens is 3. The number of hydrogen-bond acceptors (Lipinski definition) is 5. The second-order valence-corrected chi connectivity index (χ2v) is 7.27. The van der Waals surface area contributed by atoms with Crippen LogP contribution in [-0.2, 0) is 11.0 Å². The van der Waals surface area contributed by atoms with Crippen LogP contribution in [0.25, 0.3) is 0 Å². The van der Waals surface area contributed by atoms with Crippen molar-refractivity contribution >= 4 is 28.3 Å². The van der Waals surface area contributed by atoms with E-state index in [9.17, 15) is 22.8 Å². The molecule has 150 valence electrons. The van der Waals surface area contributed by atoms with Gasteiger partial charge in [0.05, 0.1) is 23.8 Å². The number of anilines is 1. The van der Waals surface area contributed by atoms with Crippen LogP contribution in [-0.4, -0.2) is 41.8 Å². The highest BCUT2D eigenvalue weighted by atomic mass is 32.1. The van der Waals surface area contributed by atoms with E-state index in [-0.39, 0.29) is 24.1 Å². The van der Waals surface area contributed by atoms with Crippen molar-refractivity contribution in [1.29, 1.82) is 0 Å². The van der Waals surface area contributed by atoms with Gasteiger partial charge < -0.3 is 5.32 Å². The number of benzene rings is 1. The maximum absolute atomic E-state index is 12.6. The fraction of sp³-hybridized carbons (Fsp3) is 0.389. The molecular formula is C18H19F3N4O2S. The van der Waals surface area contributed by atoms with E-state index in [0.717, 1.165) is 49.3 Å². The van der Waals surface area contributed by atoms with Gasteiger partial charge in [-0.05, 0) is 43.7 Å². The van der Waals surface area contributed by atoms with Crippen molar-refractivity contribution in [3.8, 4) is 0 Å². The number of rotatable bonds is 5. The van der Waals surface area contributed by atoms with E-state index in [1.54, 1.807) is 7.05 Å². The minimum Gasteiger partial charge on any atom is -0.358 e. The summed E-state index contributed by atoms with van der Waals surface area (Å²) in [6.45, 7) is 1.08. The Kier molecular flexibility index (Phi) is 5.99. The minimum absolute atomic E-state index is 0.00488. The van der Waals surface area contributed by atoms with Gasteiger partial charge in [0.25, 0.3) is 5.91 Å². The van der Waals surface area contributed by atoms with Gasteiger partial charge in [0.2, 0.25) is 5.91 Å². The first-order chi connectivity index (χ1) is 13.3. The Morgan fingerprint density at radius 2 is 2.00 bits per heavy atom. The predicted molar refractivity (Wildman–Crippen MR) is 99.1 cm³/mol. The highest BCUT2D eigenvalue weighted by molar-refractivity contribution is 7.14. The van der Waals surface area contributed by atoms with Gasteiger partial charge in [0.1, 0.15) is 0 Å². The number of amides is 2. The van der Waals surface area contributed by atoms with Gasteiger partial charge in [-0.25, -0.2) is 4.98 Å². The summed E-state index contributed by atoms with van der Waals surface area (Å²) in [6, 6.07) is 4.02. The summed E-state index contributed by atoms with van der Waals surface area (Å²) >= 11 is 1.24. The summed E-state index contributed by atoms with van der Waals surface area (Å²) in [7, 11) is 1.59. The van der Waals surface area contributed by atoms with Crippen LogP contribution in [0.15, 0.2) is 29.6 Å². The molecule has 1 aromatic carbocycles. The minimum atomic E-state index is -4.44. The number of thiazole rings is 1. The lowest BCUT2D eigenvalue weighted by Crippen LogP contribution is -2.35. The van der Waals surface area contributed by atoms with Gasteiger partial charge in [0.15, 0.2) is 5.13 Å². The zero-order chi connectivity index (χ0) is 20.3. The summed E-state index contributed by atoms with van der Waals surface area (Å²) in [4.78, 5) is 30.4. The van der Waals surface area contributed by atoms with Crippen LogP contribution in [0.4, 0.5) is 18.3 Å². The number of hydrogen-bond donors (Lipinski definition) is 2. The molecule has 28 heavy (non-hydrogen) atoms. The third-order valence-corrected chi connectivity index (χ3v) is 5.32. The second kappa shape index (κ2) is 8.27. The molecule has 1 atom stereocenters. The summed E-state index contributed by atoms with van der Waals surface area (Å²) < 4.78 is 37.8. The molecule has 1 saturated heterocycles. The molecule has 1 aliphatic rings. The van der Waals surface area contributed by atoms with Crippen LogP contribution in [0.5, 0.6) is 0 Å². The molecule has 10 heteroatoms. The van der Waals surface area contributed by atoms with Crippen LogP contribution in [0.2, 0.25) is 0 Å². The zero-order valence-corrected chi connectivity index (χ0v) is 15.9. The van der Waals surface area contributed by atoms with Crippen LogP contribution < -0.4 is 10.6 Å². The van der Waals surface area contributed by atoms with Crippen molar-refractivity contribution < 1.29 is 22.8 Å². The molecule has 1 fully saturated rings. The molecule has 1 unspecified atom stereocenters. The van der Waals surface area contributed by atoms with E-state index in [4.69, 9.17) is 0 Å². The van der Waals surface area contributed by atoms with Crippen LogP contribution in [0.1, 0.15) is 40.5 Å². The Morgan fingerprint density at radius 3 is 2.64 bits per heavy atom. The molecule has 1 aromatic heterocycles. The van der Waals surface area contributed by atoms with Gasteiger partial charge >= 0.3 is 6.18 Å². The fourth-order valence-electron chi connectivity index (χ4n) is 3.09. The second-order valence-electron chi connectivity index (χ2n) is 6.41. The summed E-state index contributed by atoms with van der Waals surface area (Å²) in [5.41, 5.74) is 0.0824. The molecule has 2 heterocycles. The van der Waals surface area contributed by atoms with Crippen LogP contribution in [0, 0.1) is 0 Å². The predicted octanol–water partition coefficient (Wildman–Crippen LogP) is 3.30. The number of alkyl halides is 3. The maximum atomic E-state index is 12.6. The maximum Gasteiger partial charge on any atom is 0.416 e. The van der Waals surface area contributed by atoms with Crippen molar-refractivity contribution in [2.75, 3.05) is 25.5 Å². The van der Waals surface area contributed by atoms with E-state index in [2.05, 4.69) is 15.6 Å². The Labute approximate surface area is 163 Å². The van der Waals surface area contributed by atoms with Gasteiger partial charge in [-0.3, -0.25) is 19.8 Å². The molecule has 2 aromatic rings. The van der Waals surface area contributed by atoms with E-state index < -0.39 is 17.6 Å². The first-order valence-electron chi connectivity index (χ1n) is 8.66. The van der Waals surface area contributed by atoms with Crippen LogP contribution >= 0.6 is 11.3 Å². The summed E-state index contributed by atoms with van der Waals surface area (Å²) in [5, 5.41) is 7.41. The average Bonchev–Trinajstić information content (AvgIpc) is 3.30. The topological polar surface area (TPSA) is 74.3 Å². The lowest BCUT2D eigenvalue weighted by Gasteiger charge is -2.21. The summed E-state index contributed by atoms with van der Waals surface area (Å²) in [6.07, 6.45) is -2.62. The smallest absolute Gasteiger partial charge is 0.358 e. The largest absolute Gasteiger partial charge is 0.416 e. The molecule has 2 amide bonds. The Balaban J connectivity index is 1.65. The van der Waals surface area contributed by atoms with Gasteiger partial charge in [0, 0.05) is 18.0 Å². The third kappa shape index (κ3) is 4.68. The number of likely N-dealkylation sites (tertiary alicyclic amines) is 1. The van der Waals surface area contributed by atoms with E-state index in [0.29, 0.717) is 5.13 Å². The molecule has 1 aliphatic heterocycles. The van der Waals surface area contributed by atoms with E-state index >= 15 is 0 Å². The van der Waals surface area contributed by atoms with Crippen molar-refractivity contribution in [2.24, 2.45) is 0 Å². The first kappa shape index (κ1) is 20.3. The average molecular weight is 412 g/mol. The Morgan fingerprint density at radius 1 is 1.29 bits per heavy atom. The van der Waals surface area contributed by atoms with Gasteiger partial charge in [-0.2, -0.15) is 13.2 Å². The van der Waals surface area contributed by atoms with E-state index in [1.165, 1.54) is 11.3 Å². The number of carbonyl (C=O) groups excluding carboxylic acids is 2. The molecule has 6 nitrogen and oxygen atoms in total. The van der Waals surface area contributed by atoms with E-state index in [1.807, 2.05) is 10.3 Å². The van der Waals surface area contributed by atoms with Crippen molar-refractivity contribution in [2.45, 2.75) is 25.1 Å². The number of likely N-dealkylation sites (N-methyl/N-ethyl adjacent to an activating group) is 1. The number of carbonyl (C=O) groups is 2. The Bertz CT molecular complexity index is 851.